The van der Waals surface area contributed by atoms with Crippen molar-refractivity contribution in [3.05, 3.63) is 59.4 Å². The first-order valence-corrected chi connectivity index (χ1v) is 9.83. The summed E-state index contributed by atoms with van der Waals surface area (Å²) in [6.07, 6.45) is 3.32. The maximum Gasteiger partial charge on any atom is 0.252 e. The molecule has 26 heavy (non-hydrogen) atoms. The second-order valence-corrected chi connectivity index (χ2v) is 8.99. The molecular weight excluding hydrogens is 350 g/mol. The summed E-state index contributed by atoms with van der Waals surface area (Å²) in [5, 5.41) is 2.90. The largest absolute Gasteiger partial charge is 0.346 e. The van der Waals surface area contributed by atoms with Crippen molar-refractivity contribution in [2.24, 2.45) is 0 Å². The zero-order valence-corrected chi connectivity index (χ0v) is 16.5. The molecule has 0 bridgehead atoms. The number of carbonyl (C=O) groups is 1. The summed E-state index contributed by atoms with van der Waals surface area (Å²) in [7, 11) is -3.71. The first kappa shape index (κ1) is 20.1. The number of hydrogen-bond acceptors (Lipinski definition) is 4. The molecule has 2 N–H and O–H groups in total. The van der Waals surface area contributed by atoms with Crippen molar-refractivity contribution in [1.29, 1.82) is 0 Å². The SMILES string of the molecule is Cc1ccc(S(=O)(=O)NC(C)(C)C)cc1C(=O)NC(C)c1ccncc1. The second kappa shape index (κ2) is 7.55. The summed E-state index contributed by atoms with van der Waals surface area (Å²) in [6, 6.07) is 7.99. The Hall–Kier alpha value is -2.25. The molecule has 0 radical (unpaired) electrons. The standard InChI is InChI=1S/C19H25N3O3S/c1-13-6-7-16(26(24,25)22-19(3,4)5)12-17(13)18(23)21-14(2)15-8-10-20-11-9-15/h6-12,14,22H,1-5H3,(H,21,23). The predicted octanol–water partition coefficient (Wildman–Crippen LogP) is 2.96. The predicted molar refractivity (Wildman–Crippen MR) is 101 cm³/mol. The molecule has 2 rings (SSSR count). The van der Waals surface area contributed by atoms with Gasteiger partial charge in [0.15, 0.2) is 0 Å². The average molecular weight is 375 g/mol. The fourth-order valence-electron chi connectivity index (χ4n) is 2.48. The summed E-state index contributed by atoms with van der Waals surface area (Å²) >= 11 is 0. The summed E-state index contributed by atoms with van der Waals surface area (Å²) in [5.74, 6) is -0.320. The van der Waals surface area contributed by atoms with Gasteiger partial charge < -0.3 is 5.32 Å². The normalized spacial score (nSPS) is 13.3. The lowest BCUT2D eigenvalue weighted by Gasteiger charge is -2.21. The average Bonchev–Trinajstić information content (AvgIpc) is 2.53. The summed E-state index contributed by atoms with van der Waals surface area (Å²) in [6.45, 7) is 8.94. The highest BCUT2D eigenvalue weighted by Gasteiger charge is 2.24. The molecule has 7 heteroatoms. The Morgan fingerprint density at radius 3 is 2.31 bits per heavy atom. The zero-order valence-electron chi connectivity index (χ0n) is 15.7. The highest BCUT2D eigenvalue weighted by molar-refractivity contribution is 7.89. The van der Waals surface area contributed by atoms with Crippen molar-refractivity contribution >= 4 is 15.9 Å². The minimum atomic E-state index is -3.71. The van der Waals surface area contributed by atoms with Crippen LogP contribution in [0.25, 0.3) is 0 Å². The van der Waals surface area contributed by atoms with Gasteiger partial charge >= 0.3 is 0 Å². The molecule has 1 aromatic carbocycles. The number of sulfonamides is 1. The van der Waals surface area contributed by atoms with E-state index in [0.29, 0.717) is 11.1 Å². The van der Waals surface area contributed by atoms with Crippen LogP contribution >= 0.6 is 0 Å². The Kier molecular flexibility index (Phi) is 5.83. The van der Waals surface area contributed by atoms with E-state index in [9.17, 15) is 13.2 Å². The minimum Gasteiger partial charge on any atom is -0.346 e. The van der Waals surface area contributed by atoms with Crippen molar-refractivity contribution in [1.82, 2.24) is 15.0 Å². The molecule has 1 amide bonds. The van der Waals surface area contributed by atoms with Crippen molar-refractivity contribution in [3.63, 3.8) is 0 Å². The minimum absolute atomic E-state index is 0.0692. The smallest absolute Gasteiger partial charge is 0.252 e. The van der Waals surface area contributed by atoms with E-state index < -0.39 is 15.6 Å². The van der Waals surface area contributed by atoms with Crippen LogP contribution in [0.5, 0.6) is 0 Å². The fourth-order valence-corrected chi connectivity index (χ4v) is 3.93. The molecule has 0 aliphatic carbocycles. The quantitative estimate of drug-likeness (QED) is 0.841. The van der Waals surface area contributed by atoms with E-state index in [-0.39, 0.29) is 16.8 Å². The number of aromatic nitrogens is 1. The summed E-state index contributed by atoms with van der Waals surface area (Å²) in [4.78, 5) is 16.7. The van der Waals surface area contributed by atoms with Gasteiger partial charge in [-0.05, 0) is 70.0 Å². The van der Waals surface area contributed by atoms with Gasteiger partial charge in [-0.2, -0.15) is 0 Å². The van der Waals surface area contributed by atoms with Crippen LogP contribution < -0.4 is 10.0 Å². The monoisotopic (exact) mass is 375 g/mol. The molecule has 0 saturated heterocycles. The Balaban J connectivity index is 2.28. The van der Waals surface area contributed by atoms with Gasteiger partial charge in [-0.25, -0.2) is 13.1 Å². The Morgan fingerprint density at radius 2 is 1.73 bits per heavy atom. The molecule has 0 aliphatic rings. The van der Waals surface area contributed by atoms with Crippen molar-refractivity contribution in [2.45, 2.75) is 51.1 Å². The van der Waals surface area contributed by atoms with Crippen molar-refractivity contribution in [3.8, 4) is 0 Å². The molecule has 0 aliphatic heterocycles. The molecule has 2 aromatic rings. The van der Waals surface area contributed by atoms with Gasteiger partial charge in [0.25, 0.3) is 5.91 Å². The third-order valence-electron chi connectivity index (χ3n) is 3.76. The van der Waals surface area contributed by atoms with Crippen LogP contribution in [0.4, 0.5) is 0 Å². The molecule has 1 atom stereocenters. The molecule has 0 saturated carbocycles. The second-order valence-electron chi connectivity index (χ2n) is 7.31. The number of nitrogens with zero attached hydrogens (tertiary/aromatic N) is 1. The molecule has 140 valence electrons. The molecule has 1 unspecified atom stereocenters. The van der Waals surface area contributed by atoms with Gasteiger partial charge in [-0.1, -0.05) is 6.07 Å². The van der Waals surface area contributed by atoms with Crippen molar-refractivity contribution < 1.29 is 13.2 Å². The molecule has 0 fully saturated rings. The van der Waals surface area contributed by atoms with Gasteiger partial charge in [-0.15, -0.1) is 0 Å². The molecular formula is C19H25N3O3S. The topological polar surface area (TPSA) is 88.2 Å². The lowest BCUT2D eigenvalue weighted by molar-refractivity contribution is 0.0939. The Labute approximate surface area is 155 Å². The van der Waals surface area contributed by atoms with E-state index in [1.165, 1.54) is 12.1 Å². The number of nitrogens with one attached hydrogen (secondary N) is 2. The van der Waals surface area contributed by atoms with Crippen LogP contribution in [0.1, 0.15) is 55.2 Å². The maximum absolute atomic E-state index is 12.7. The van der Waals surface area contributed by atoms with E-state index in [1.807, 2.05) is 19.1 Å². The van der Waals surface area contributed by atoms with Crippen LogP contribution in [-0.4, -0.2) is 24.8 Å². The number of carbonyl (C=O) groups excluding carboxylic acids is 1. The van der Waals surface area contributed by atoms with Gasteiger partial charge in [0.2, 0.25) is 10.0 Å². The number of pyridine rings is 1. The Morgan fingerprint density at radius 1 is 1.12 bits per heavy atom. The van der Waals surface area contributed by atoms with E-state index in [2.05, 4.69) is 15.0 Å². The van der Waals surface area contributed by atoms with Gasteiger partial charge in [0, 0.05) is 23.5 Å². The third-order valence-corrected chi connectivity index (χ3v) is 5.51. The maximum atomic E-state index is 12.7. The summed E-state index contributed by atoms with van der Waals surface area (Å²) < 4.78 is 27.7. The van der Waals surface area contributed by atoms with E-state index in [1.54, 1.807) is 46.2 Å². The first-order chi connectivity index (χ1) is 12.0. The van der Waals surface area contributed by atoms with E-state index in [0.717, 1.165) is 5.56 Å². The number of benzene rings is 1. The lowest BCUT2D eigenvalue weighted by atomic mass is 10.1. The molecule has 1 heterocycles. The highest BCUT2D eigenvalue weighted by Crippen LogP contribution is 2.19. The van der Waals surface area contributed by atoms with Crippen LogP contribution in [-0.2, 0) is 10.0 Å². The van der Waals surface area contributed by atoms with Gasteiger partial charge in [0.1, 0.15) is 0 Å². The van der Waals surface area contributed by atoms with Crippen LogP contribution in [0, 0.1) is 6.92 Å². The molecule has 6 nitrogen and oxygen atoms in total. The third kappa shape index (κ3) is 5.12. The van der Waals surface area contributed by atoms with E-state index >= 15 is 0 Å². The van der Waals surface area contributed by atoms with Crippen molar-refractivity contribution in [2.75, 3.05) is 0 Å². The number of aryl methyl sites for hydroxylation is 1. The van der Waals surface area contributed by atoms with E-state index in [4.69, 9.17) is 0 Å². The zero-order chi connectivity index (χ0) is 19.5. The number of rotatable bonds is 5. The van der Waals surface area contributed by atoms with Crippen LogP contribution in [0.2, 0.25) is 0 Å². The number of amides is 1. The van der Waals surface area contributed by atoms with Gasteiger partial charge in [-0.3, -0.25) is 9.78 Å². The highest BCUT2D eigenvalue weighted by atomic mass is 32.2. The summed E-state index contributed by atoms with van der Waals surface area (Å²) in [5.41, 5.74) is 1.35. The van der Waals surface area contributed by atoms with Crippen LogP contribution in [0.3, 0.4) is 0 Å². The first-order valence-electron chi connectivity index (χ1n) is 8.35. The fraction of sp³-hybridized carbons (Fsp3) is 0.368. The van der Waals surface area contributed by atoms with Gasteiger partial charge in [0.05, 0.1) is 10.9 Å². The number of hydrogen-bond donors (Lipinski definition) is 2. The lowest BCUT2D eigenvalue weighted by Crippen LogP contribution is -2.40. The Bertz CT molecular complexity index is 888. The van der Waals surface area contributed by atoms with Crippen LogP contribution in [0.15, 0.2) is 47.6 Å². The molecule has 0 spiro atoms. The molecule has 1 aromatic heterocycles.